The van der Waals surface area contributed by atoms with Crippen molar-refractivity contribution in [3.8, 4) is 0 Å². The van der Waals surface area contributed by atoms with E-state index < -0.39 is 5.97 Å². The van der Waals surface area contributed by atoms with Gasteiger partial charge in [-0.05, 0) is 36.5 Å². The lowest BCUT2D eigenvalue weighted by Gasteiger charge is -2.07. The molecule has 0 radical (unpaired) electrons. The first-order valence-corrected chi connectivity index (χ1v) is 6.77. The average Bonchev–Trinajstić information content (AvgIpc) is 2.67. The summed E-state index contributed by atoms with van der Waals surface area (Å²) in [5.41, 5.74) is 2.84. The number of aryl methyl sites for hydroxylation is 1. The molecule has 1 aliphatic rings. The third kappa shape index (κ3) is 3.70. The Morgan fingerprint density at radius 2 is 2.11 bits per heavy atom. The molecule has 0 unspecified atom stereocenters. The van der Waals surface area contributed by atoms with Gasteiger partial charge in [0.2, 0.25) is 5.91 Å². The Labute approximate surface area is 116 Å². The van der Waals surface area contributed by atoms with E-state index in [0.717, 1.165) is 36.1 Å². The highest BCUT2D eigenvalue weighted by Crippen LogP contribution is 2.30. The second-order valence-electron chi connectivity index (χ2n) is 4.78. The Morgan fingerprint density at radius 1 is 1.32 bits per heavy atom. The molecule has 2 N–H and O–H groups in total. The van der Waals surface area contributed by atoms with Crippen molar-refractivity contribution in [1.29, 1.82) is 0 Å². The molecule has 0 spiro atoms. The highest BCUT2D eigenvalue weighted by molar-refractivity contribution is 6.31. The van der Waals surface area contributed by atoms with Gasteiger partial charge in [0, 0.05) is 17.1 Å². The number of benzene rings is 1. The Hall–Kier alpha value is -1.55. The number of fused-ring (bicyclic) bond motifs is 1. The van der Waals surface area contributed by atoms with Crippen molar-refractivity contribution in [3.05, 3.63) is 28.3 Å². The molecule has 0 bridgehead atoms. The fraction of sp³-hybridized carbons (Fsp3) is 0.429. The second-order valence-corrected chi connectivity index (χ2v) is 5.19. The van der Waals surface area contributed by atoms with Crippen LogP contribution in [0.15, 0.2) is 12.1 Å². The van der Waals surface area contributed by atoms with Crippen LogP contribution in [0.1, 0.15) is 36.8 Å². The van der Waals surface area contributed by atoms with Crippen LogP contribution in [0.2, 0.25) is 5.02 Å². The molecule has 0 saturated carbocycles. The fourth-order valence-electron chi connectivity index (χ4n) is 2.26. The minimum absolute atomic E-state index is 0.00433. The molecule has 0 saturated heterocycles. The van der Waals surface area contributed by atoms with E-state index >= 15 is 0 Å². The smallest absolute Gasteiger partial charge is 0.303 e. The third-order valence-corrected chi connectivity index (χ3v) is 3.59. The highest BCUT2D eigenvalue weighted by atomic mass is 35.5. The molecule has 19 heavy (non-hydrogen) atoms. The number of hydrogen-bond donors (Lipinski definition) is 2. The van der Waals surface area contributed by atoms with Crippen molar-refractivity contribution in [1.82, 2.24) is 0 Å². The summed E-state index contributed by atoms with van der Waals surface area (Å²) in [6.45, 7) is 0. The van der Waals surface area contributed by atoms with Crippen LogP contribution >= 0.6 is 11.6 Å². The van der Waals surface area contributed by atoms with Gasteiger partial charge in [0.15, 0.2) is 0 Å². The maximum Gasteiger partial charge on any atom is 0.303 e. The molecule has 2 rings (SSSR count). The number of carboxylic acids is 1. The van der Waals surface area contributed by atoms with E-state index in [4.69, 9.17) is 16.7 Å². The number of anilines is 1. The molecule has 1 amide bonds. The Bertz CT molecular complexity index is 514. The van der Waals surface area contributed by atoms with Crippen LogP contribution in [0, 0.1) is 0 Å². The van der Waals surface area contributed by atoms with E-state index in [0.29, 0.717) is 17.9 Å². The SMILES string of the molecule is O=C(O)CCCCCc1cc2c(cc1Cl)NC(=O)C2. The van der Waals surface area contributed by atoms with Crippen LogP contribution in [0.4, 0.5) is 5.69 Å². The second kappa shape index (κ2) is 6.06. The van der Waals surface area contributed by atoms with E-state index in [2.05, 4.69) is 5.32 Å². The molecule has 0 fully saturated rings. The van der Waals surface area contributed by atoms with Crippen LogP contribution in [0.25, 0.3) is 0 Å². The van der Waals surface area contributed by atoms with Gasteiger partial charge < -0.3 is 10.4 Å². The zero-order valence-corrected chi connectivity index (χ0v) is 11.3. The number of halogens is 1. The molecule has 0 atom stereocenters. The summed E-state index contributed by atoms with van der Waals surface area (Å²) in [4.78, 5) is 21.7. The van der Waals surface area contributed by atoms with Gasteiger partial charge in [0.25, 0.3) is 0 Å². The molecular weight excluding hydrogens is 266 g/mol. The van der Waals surface area contributed by atoms with Crippen LogP contribution in [-0.4, -0.2) is 17.0 Å². The predicted molar refractivity (Wildman–Crippen MR) is 73.6 cm³/mol. The van der Waals surface area contributed by atoms with Crippen LogP contribution < -0.4 is 5.32 Å². The number of aliphatic carboxylic acids is 1. The minimum atomic E-state index is -0.750. The summed E-state index contributed by atoms with van der Waals surface area (Å²) in [6.07, 6.45) is 3.93. The van der Waals surface area contributed by atoms with E-state index in [1.54, 1.807) is 6.07 Å². The largest absolute Gasteiger partial charge is 0.481 e. The van der Waals surface area contributed by atoms with Gasteiger partial charge in [-0.15, -0.1) is 0 Å². The molecule has 1 aliphatic heterocycles. The van der Waals surface area contributed by atoms with Crippen molar-refractivity contribution in [2.75, 3.05) is 5.32 Å². The van der Waals surface area contributed by atoms with Crippen molar-refractivity contribution < 1.29 is 14.7 Å². The number of rotatable bonds is 6. The normalized spacial score (nSPS) is 13.2. The monoisotopic (exact) mass is 281 g/mol. The highest BCUT2D eigenvalue weighted by Gasteiger charge is 2.19. The summed E-state index contributed by atoms with van der Waals surface area (Å²) >= 11 is 6.17. The maximum atomic E-state index is 11.3. The molecule has 5 heteroatoms. The Balaban J connectivity index is 1.89. The number of nitrogens with one attached hydrogen (secondary N) is 1. The van der Waals surface area contributed by atoms with Gasteiger partial charge in [-0.1, -0.05) is 24.1 Å². The van der Waals surface area contributed by atoms with E-state index in [9.17, 15) is 9.59 Å². The lowest BCUT2D eigenvalue weighted by molar-refractivity contribution is -0.137. The molecule has 1 aromatic rings. The number of amides is 1. The standard InChI is InChI=1S/C14H16ClNO3/c15-11-8-12-10(7-13(17)16-12)6-9(11)4-2-1-3-5-14(18)19/h6,8H,1-5,7H2,(H,16,17)(H,18,19). The van der Waals surface area contributed by atoms with E-state index in [1.807, 2.05) is 6.07 Å². The van der Waals surface area contributed by atoms with Gasteiger partial charge >= 0.3 is 5.97 Å². The van der Waals surface area contributed by atoms with Gasteiger partial charge in [0.05, 0.1) is 6.42 Å². The zero-order valence-electron chi connectivity index (χ0n) is 10.5. The van der Waals surface area contributed by atoms with Crippen LogP contribution in [0.5, 0.6) is 0 Å². The Morgan fingerprint density at radius 3 is 2.84 bits per heavy atom. The Kier molecular flexibility index (Phi) is 4.43. The zero-order chi connectivity index (χ0) is 13.8. The van der Waals surface area contributed by atoms with E-state index in [-0.39, 0.29) is 12.3 Å². The molecule has 4 nitrogen and oxygen atoms in total. The molecule has 1 heterocycles. The first-order valence-electron chi connectivity index (χ1n) is 6.39. The lowest BCUT2D eigenvalue weighted by atomic mass is 10.0. The number of unbranched alkanes of at least 4 members (excludes halogenated alkanes) is 2. The average molecular weight is 282 g/mol. The van der Waals surface area contributed by atoms with Gasteiger partial charge in [-0.3, -0.25) is 9.59 Å². The fourth-order valence-corrected chi connectivity index (χ4v) is 2.52. The number of carbonyl (C=O) groups is 2. The van der Waals surface area contributed by atoms with Crippen molar-refractivity contribution in [2.45, 2.75) is 38.5 Å². The summed E-state index contributed by atoms with van der Waals surface area (Å²) in [7, 11) is 0. The van der Waals surface area contributed by atoms with Crippen molar-refractivity contribution >= 4 is 29.2 Å². The van der Waals surface area contributed by atoms with Gasteiger partial charge in [0.1, 0.15) is 0 Å². The van der Waals surface area contributed by atoms with Gasteiger partial charge in [-0.2, -0.15) is 0 Å². The van der Waals surface area contributed by atoms with Crippen LogP contribution in [0.3, 0.4) is 0 Å². The molecule has 1 aromatic carbocycles. The number of carboxylic acid groups (broad SMARTS) is 1. The molecule has 0 aromatic heterocycles. The first-order chi connectivity index (χ1) is 9.06. The molecule has 102 valence electrons. The minimum Gasteiger partial charge on any atom is -0.481 e. The molecule has 0 aliphatic carbocycles. The predicted octanol–water partition coefficient (Wildman–Crippen LogP) is 3.02. The summed E-state index contributed by atoms with van der Waals surface area (Å²) in [5, 5.41) is 12.0. The third-order valence-electron chi connectivity index (χ3n) is 3.23. The summed E-state index contributed by atoms with van der Waals surface area (Å²) in [5.74, 6) is -0.746. The number of hydrogen-bond acceptors (Lipinski definition) is 2. The maximum absolute atomic E-state index is 11.3. The van der Waals surface area contributed by atoms with E-state index in [1.165, 1.54) is 0 Å². The lowest BCUT2D eigenvalue weighted by Crippen LogP contribution is -2.03. The van der Waals surface area contributed by atoms with Crippen molar-refractivity contribution in [2.24, 2.45) is 0 Å². The topological polar surface area (TPSA) is 66.4 Å². The van der Waals surface area contributed by atoms with Gasteiger partial charge in [-0.25, -0.2) is 0 Å². The molecular formula is C14H16ClNO3. The first kappa shape index (κ1) is 13.9. The summed E-state index contributed by atoms with van der Waals surface area (Å²) < 4.78 is 0. The van der Waals surface area contributed by atoms with Crippen molar-refractivity contribution in [3.63, 3.8) is 0 Å². The summed E-state index contributed by atoms with van der Waals surface area (Å²) in [6, 6.07) is 3.78. The number of carbonyl (C=O) groups excluding carboxylic acids is 1. The quantitative estimate of drug-likeness (QED) is 0.788. The van der Waals surface area contributed by atoms with Crippen LogP contribution in [-0.2, 0) is 22.4 Å².